The third kappa shape index (κ3) is 4.25. The molecule has 0 amide bonds. The van der Waals surface area contributed by atoms with Crippen LogP contribution >= 0.6 is 12.4 Å². The lowest BCUT2D eigenvalue weighted by atomic mass is 10.1. The Morgan fingerprint density at radius 2 is 1.57 bits per heavy atom. The Morgan fingerprint density at radius 3 is 2.22 bits per heavy atom. The fourth-order valence-electron chi connectivity index (χ4n) is 2.79. The number of hydrogen-bond donors (Lipinski definition) is 1. The maximum Gasteiger partial charge on any atom is 0.243 e. The van der Waals surface area contributed by atoms with E-state index < -0.39 is 10.0 Å². The number of nitrogens with one attached hydrogen (secondary N) is 1. The fourth-order valence-corrected chi connectivity index (χ4v) is 4.34. The molecule has 1 saturated heterocycles. The van der Waals surface area contributed by atoms with Crippen molar-refractivity contribution >= 4 is 28.1 Å². The minimum absolute atomic E-state index is 0. The van der Waals surface area contributed by atoms with E-state index in [1.165, 1.54) is 0 Å². The zero-order valence-electron chi connectivity index (χ0n) is 12.8. The van der Waals surface area contributed by atoms with Gasteiger partial charge in [-0.05, 0) is 37.1 Å². The van der Waals surface area contributed by atoms with E-state index in [9.17, 15) is 8.42 Å². The molecule has 1 unspecified atom stereocenters. The van der Waals surface area contributed by atoms with Crippen molar-refractivity contribution in [1.29, 1.82) is 0 Å². The molecule has 0 aromatic heterocycles. The first-order valence-corrected chi connectivity index (χ1v) is 8.97. The molecule has 0 spiro atoms. The van der Waals surface area contributed by atoms with E-state index in [-0.39, 0.29) is 18.4 Å². The van der Waals surface area contributed by atoms with Gasteiger partial charge in [-0.15, -0.1) is 12.4 Å². The predicted molar refractivity (Wildman–Crippen MR) is 95.5 cm³/mol. The summed E-state index contributed by atoms with van der Waals surface area (Å²) in [6.07, 6.45) is 1.85. The van der Waals surface area contributed by atoms with Crippen LogP contribution in [0.3, 0.4) is 0 Å². The van der Waals surface area contributed by atoms with Crippen molar-refractivity contribution in [2.24, 2.45) is 0 Å². The van der Waals surface area contributed by atoms with E-state index in [1.807, 2.05) is 36.4 Å². The monoisotopic (exact) mass is 352 g/mol. The summed E-state index contributed by atoms with van der Waals surface area (Å²) in [5, 5.41) is 3.43. The molecule has 2 aromatic carbocycles. The van der Waals surface area contributed by atoms with Crippen molar-refractivity contribution in [3.05, 3.63) is 60.7 Å². The van der Waals surface area contributed by atoms with Crippen LogP contribution in [0.4, 0.5) is 5.69 Å². The van der Waals surface area contributed by atoms with E-state index in [2.05, 4.69) is 5.32 Å². The summed E-state index contributed by atoms with van der Waals surface area (Å²) in [5.41, 5.74) is 1.03. The molecule has 0 aliphatic carbocycles. The Kier molecular flexibility index (Phi) is 6.04. The summed E-state index contributed by atoms with van der Waals surface area (Å²) in [5.74, 6) is 0. The summed E-state index contributed by atoms with van der Waals surface area (Å²) in [6.45, 7) is 1.09. The molecule has 1 fully saturated rings. The topological polar surface area (TPSA) is 49.4 Å². The van der Waals surface area contributed by atoms with Gasteiger partial charge in [-0.2, -0.15) is 4.31 Å². The highest BCUT2D eigenvalue weighted by Gasteiger charge is 2.29. The maximum absolute atomic E-state index is 12.7. The van der Waals surface area contributed by atoms with Crippen LogP contribution < -0.4 is 5.32 Å². The number of anilines is 1. The third-order valence-electron chi connectivity index (χ3n) is 3.91. The zero-order valence-corrected chi connectivity index (χ0v) is 14.4. The molecule has 4 nitrogen and oxygen atoms in total. The number of halogens is 1. The lowest BCUT2D eigenvalue weighted by Crippen LogP contribution is -2.45. The van der Waals surface area contributed by atoms with Crippen LogP contribution in [0.15, 0.2) is 65.6 Å². The van der Waals surface area contributed by atoms with Crippen LogP contribution in [-0.4, -0.2) is 31.9 Å². The van der Waals surface area contributed by atoms with Gasteiger partial charge in [-0.3, -0.25) is 0 Å². The maximum atomic E-state index is 12.7. The summed E-state index contributed by atoms with van der Waals surface area (Å²) < 4.78 is 27.0. The van der Waals surface area contributed by atoms with Gasteiger partial charge in [0.1, 0.15) is 0 Å². The number of nitrogens with zero attached hydrogens (tertiary/aromatic N) is 1. The van der Waals surface area contributed by atoms with Crippen LogP contribution in [0.1, 0.15) is 12.8 Å². The van der Waals surface area contributed by atoms with Crippen molar-refractivity contribution in [2.45, 2.75) is 23.8 Å². The second-order valence-corrected chi connectivity index (χ2v) is 7.46. The lowest BCUT2D eigenvalue weighted by Gasteiger charge is -2.32. The highest BCUT2D eigenvalue weighted by Crippen LogP contribution is 2.22. The third-order valence-corrected chi connectivity index (χ3v) is 5.79. The summed E-state index contributed by atoms with van der Waals surface area (Å²) in [6, 6.07) is 18.7. The van der Waals surface area contributed by atoms with Gasteiger partial charge in [0, 0.05) is 24.8 Å². The number of rotatable bonds is 4. The van der Waals surface area contributed by atoms with Crippen LogP contribution in [0.25, 0.3) is 0 Å². The van der Waals surface area contributed by atoms with Crippen molar-refractivity contribution in [3.63, 3.8) is 0 Å². The fraction of sp³-hybridized carbons (Fsp3) is 0.294. The predicted octanol–water partition coefficient (Wildman–Crippen LogP) is 3.37. The second-order valence-electron chi connectivity index (χ2n) is 5.53. The quantitative estimate of drug-likeness (QED) is 0.917. The highest BCUT2D eigenvalue weighted by molar-refractivity contribution is 7.89. The molecule has 3 rings (SSSR count). The van der Waals surface area contributed by atoms with Gasteiger partial charge in [-0.25, -0.2) is 8.42 Å². The standard InChI is InChI=1S/C17H20N2O2S.ClH/c20-22(21,17-11-5-2-6-12-17)19-13-7-10-16(14-19)18-15-8-3-1-4-9-15;/h1-6,8-9,11-12,16,18H,7,10,13-14H2;1H. The Labute approximate surface area is 144 Å². The first kappa shape index (κ1) is 17.8. The molecule has 0 bridgehead atoms. The minimum atomic E-state index is -3.39. The molecular weight excluding hydrogens is 332 g/mol. The Morgan fingerprint density at radius 1 is 0.957 bits per heavy atom. The number of sulfonamides is 1. The summed E-state index contributed by atoms with van der Waals surface area (Å²) in [7, 11) is -3.39. The van der Waals surface area contributed by atoms with E-state index in [1.54, 1.807) is 28.6 Å². The normalized spacial score (nSPS) is 18.9. The first-order chi connectivity index (χ1) is 10.7. The average molecular weight is 353 g/mol. The molecular formula is C17H21ClN2O2S. The minimum Gasteiger partial charge on any atom is -0.381 e. The Balaban J connectivity index is 0.00000192. The van der Waals surface area contributed by atoms with Gasteiger partial charge in [0.2, 0.25) is 10.0 Å². The number of piperidine rings is 1. The molecule has 1 aliphatic rings. The largest absolute Gasteiger partial charge is 0.381 e. The van der Waals surface area contributed by atoms with Crippen molar-refractivity contribution in [1.82, 2.24) is 4.31 Å². The van der Waals surface area contributed by atoms with Gasteiger partial charge in [0.25, 0.3) is 0 Å². The van der Waals surface area contributed by atoms with E-state index in [0.29, 0.717) is 18.0 Å². The summed E-state index contributed by atoms with van der Waals surface area (Å²) in [4.78, 5) is 0.371. The highest BCUT2D eigenvalue weighted by atomic mass is 35.5. The molecule has 1 heterocycles. The number of hydrogen-bond acceptors (Lipinski definition) is 3. The SMILES string of the molecule is Cl.O=S(=O)(c1ccccc1)N1CCCC(Nc2ccccc2)C1. The second kappa shape index (κ2) is 7.81. The Hall–Kier alpha value is -1.56. The van der Waals surface area contributed by atoms with E-state index in [0.717, 1.165) is 18.5 Å². The molecule has 6 heteroatoms. The molecule has 1 aliphatic heterocycles. The van der Waals surface area contributed by atoms with Gasteiger partial charge in [0.15, 0.2) is 0 Å². The number of para-hydroxylation sites is 1. The van der Waals surface area contributed by atoms with Crippen LogP contribution in [0, 0.1) is 0 Å². The molecule has 2 aromatic rings. The molecule has 124 valence electrons. The van der Waals surface area contributed by atoms with Crippen molar-refractivity contribution in [2.75, 3.05) is 18.4 Å². The Bertz CT molecular complexity index is 708. The van der Waals surface area contributed by atoms with Crippen molar-refractivity contribution < 1.29 is 8.42 Å². The van der Waals surface area contributed by atoms with Gasteiger partial charge < -0.3 is 5.32 Å². The summed E-state index contributed by atoms with van der Waals surface area (Å²) >= 11 is 0. The molecule has 1 atom stereocenters. The molecule has 0 radical (unpaired) electrons. The molecule has 0 saturated carbocycles. The smallest absolute Gasteiger partial charge is 0.243 e. The molecule has 1 N–H and O–H groups in total. The molecule has 23 heavy (non-hydrogen) atoms. The average Bonchev–Trinajstić information content (AvgIpc) is 2.57. The lowest BCUT2D eigenvalue weighted by molar-refractivity contribution is 0.327. The van der Waals surface area contributed by atoms with Gasteiger partial charge >= 0.3 is 0 Å². The number of benzene rings is 2. The van der Waals surface area contributed by atoms with Crippen molar-refractivity contribution in [3.8, 4) is 0 Å². The van der Waals surface area contributed by atoms with Gasteiger partial charge in [0.05, 0.1) is 4.90 Å². The van der Waals surface area contributed by atoms with Crippen LogP contribution in [0.2, 0.25) is 0 Å². The van der Waals surface area contributed by atoms with E-state index >= 15 is 0 Å². The van der Waals surface area contributed by atoms with Crippen LogP contribution in [0.5, 0.6) is 0 Å². The first-order valence-electron chi connectivity index (χ1n) is 7.53. The van der Waals surface area contributed by atoms with E-state index in [4.69, 9.17) is 0 Å². The zero-order chi connectivity index (χ0) is 15.4. The van der Waals surface area contributed by atoms with Crippen LogP contribution in [-0.2, 0) is 10.0 Å². The van der Waals surface area contributed by atoms with Gasteiger partial charge in [-0.1, -0.05) is 36.4 Å².